The summed E-state index contributed by atoms with van der Waals surface area (Å²) in [6.07, 6.45) is 2.16. The van der Waals surface area contributed by atoms with Crippen molar-refractivity contribution in [2.45, 2.75) is 77.2 Å². The molecule has 3 fully saturated rings. The fourth-order valence-corrected chi connectivity index (χ4v) is 7.77. The van der Waals surface area contributed by atoms with Gasteiger partial charge in [-0.2, -0.15) is 0 Å². The van der Waals surface area contributed by atoms with Crippen molar-refractivity contribution in [1.29, 1.82) is 0 Å². The molecule has 10 heteroatoms. The smallest absolute Gasteiger partial charge is 0.438 e. The number of fused-ring (bicyclic) bond motifs is 5. The second-order valence-electron chi connectivity index (χ2n) is 11.4. The summed E-state index contributed by atoms with van der Waals surface area (Å²) in [6.45, 7) is 5.02. The molecule has 0 bridgehead atoms. The molecule has 1 unspecified atom stereocenters. The summed E-state index contributed by atoms with van der Waals surface area (Å²) in [5.74, 6) is -1.96. The molecule has 38 heavy (non-hydrogen) atoms. The molecule has 0 amide bonds. The van der Waals surface area contributed by atoms with Gasteiger partial charge in [0.1, 0.15) is 6.17 Å². The van der Waals surface area contributed by atoms with Crippen LogP contribution in [0.2, 0.25) is 0 Å². The number of ketones is 2. The van der Waals surface area contributed by atoms with E-state index < -0.39 is 59.3 Å². The van der Waals surface area contributed by atoms with Crippen LogP contribution in [0, 0.1) is 28.6 Å². The second-order valence-corrected chi connectivity index (χ2v) is 11.4. The van der Waals surface area contributed by atoms with E-state index in [0.717, 1.165) is 13.5 Å². The van der Waals surface area contributed by atoms with E-state index in [4.69, 9.17) is 18.9 Å². The summed E-state index contributed by atoms with van der Waals surface area (Å²) in [4.78, 5) is 50.1. The topological polar surface area (TPSA) is 125 Å². The number of halogens is 1. The monoisotopic (exact) mass is 536 g/mol. The Labute approximate surface area is 221 Å². The van der Waals surface area contributed by atoms with Crippen LogP contribution in [0.15, 0.2) is 23.8 Å². The van der Waals surface area contributed by atoms with Crippen LogP contribution in [0.25, 0.3) is 0 Å². The lowest BCUT2D eigenvalue weighted by atomic mass is 9.46. The number of aliphatic hydroxyl groups is 1. The number of unbranched alkanes of at least 4 members (excludes halogenated alkanes) is 1. The number of hydrogen-bond acceptors (Lipinski definition) is 9. The van der Waals surface area contributed by atoms with Crippen LogP contribution >= 0.6 is 0 Å². The van der Waals surface area contributed by atoms with Crippen molar-refractivity contribution in [3.05, 3.63) is 23.8 Å². The number of methoxy groups -OCH3 is 1. The highest BCUT2D eigenvalue weighted by molar-refractivity contribution is 6.01. The molecular weight excluding hydrogens is 499 g/mol. The Morgan fingerprint density at radius 3 is 2.61 bits per heavy atom. The van der Waals surface area contributed by atoms with Crippen molar-refractivity contribution >= 4 is 23.9 Å². The standard InChI is InChI=1S/C28H37FO9/c1-5-6-11-36-25(34)37-15-22(32)28(38-24(33)35-4)10-8-18-17-13-20(29)19-12-16(30)7-9-26(19,2)23(17)21(31)14-27(18,28)3/h7,9,12,17-18,20-21,23,31H,5-6,8,10-11,13-15H2,1-4H3/t17-,18-,20-,21?,23+,26-,27-,28-/m0/s1. The molecule has 0 saturated heterocycles. The molecule has 4 aliphatic rings. The van der Waals surface area contributed by atoms with Gasteiger partial charge in [0.15, 0.2) is 18.0 Å². The zero-order valence-electron chi connectivity index (χ0n) is 22.4. The molecule has 0 aromatic heterocycles. The highest BCUT2D eigenvalue weighted by Gasteiger charge is 2.71. The van der Waals surface area contributed by atoms with E-state index in [1.54, 1.807) is 13.0 Å². The fraction of sp³-hybridized carbons (Fsp3) is 0.714. The van der Waals surface area contributed by atoms with Gasteiger partial charge in [0.25, 0.3) is 0 Å². The Hall–Kier alpha value is -2.75. The molecule has 0 aromatic carbocycles. The number of Topliss-reactive ketones (excluding diaryl/α,β-unsaturated/α-hetero) is 1. The van der Waals surface area contributed by atoms with Crippen LogP contribution < -0.4 is 0 Å². The minimum Gasteiger partial charge on any atom is -0.438 e. The molecule has 210 valence electrons. The van der Waals surface area contributed by atoms with E-state index >= 15 is 4.39 Å². The minimum atomic E-state index is -1.75. The number of alkyl halides is 1. The maximum absolute atomic E-state index is 15.6. The predicted octanol–water partition coefficient (Wildman–Crippen LogP) is 4.26. The van der Waals surface area contributed by atoms with Gasteiger partial charge in [-0.3, -0.25) is 9.59 Å². The highest BCUT2D eigenvalue weighted by Crippen LogP contribution is 2.68. The van der Waals surface area contributed by atoms with Crippen LogP contribution in [0.4, 0.5) is 14.0 Å². The minimum absolute atomic E-state index is 0.0767. The van der Waals surface area contributed by atoms with Crippen molar-refractivity contribution in [3.8, 4) is 0 Å². The van der Waals surface area contributed by atoms with Gasteiger partial charge in [-0.15, -0.1) is 0 Å². The van der Waals surface area contributed by atoms with E-state index in [1.807, 2.05) is 13.8 Å². The maximum Gasteiger partial charge on any atom is 0.509 e. The average Bonchev–Trinajstić information content (AvgIpc) is 3.15. The van der Waals surface area contributed by atoms with Crippen molar-refractivity contribution in [2.75, 3.05) is 20.3 Å². The number of rotatable bonds is 7. The lowest BCUT2D eigenvalue weighted by molar-refractivity contribution is -0.185. The Bertz CT molecular complexity index is 1050. The summed E-state index contributed by atoms with van der Waals surface area (Å²) in [5.41, 5.74) is -3.32. The Morgan fingerprint density at radius 2 is 1.92 bits per heavy atom. The highest BCUT2D eigenvalue weighted by atomic mass is 19.1. The van der Waals surface area contributed by atoms with Gasteiger partial charge in [0.2, 0.25) is 5.78 Å². The molecule has 4 rings (SSSR count). The molecule has 0 radical (unpaired) electrons. The number of hydrogen-bond donors (Lipinski definition) is 1. The molecule has 0 heterocycles. The van der Waals surface area contributed by atoms with Gasteiger partial charge in [-0.05, 0) is 61.7 Å². The van der Waals surface area contributed by atoms with Crippen LogP contribution in [-0.4, -0.2) is 67.2 Å². The largest absolute Gasteiger partial charge is 0.509 e. The summed E-state index contributed by atoms with van der Waals surface area (Å²) in [5, 5.41) is 11.6. The Balaban J connectivity index is 1.65. The summed E-state index contributed by atoms with van der Waals surface area (Å²) in [6, 6.07) is 0. The first-order chi connectivity index (χ1) is 17.9. The third-order valence-electron chi connectivity index (χ3n) is 9.51. The summed E-state index contributed by atoms with van der Waals surface area (Å²) < 4.78 is 36.0. The molecule has 9 nitrogen and oxygen atoms in total. The predicted molar refractivity (Wildman–Crippen MR) is 132 cm³/mol. The van der Waals surface area contributed by atoms with Gasteiger partial charge in [0.05, 0.1) is 19.8 Å². The molecular formula is C28H37FO9. The number of carbonyl (C=O) groups excluding carboxylic acids is 4. The first-order valence-electron chi connectivity index (χ1n) is 13.3. The molecule has 0 aromatic rings. The Morgan fingerprint density at radius 1 is 1.18 bits per heavy atom. The third-order valence-corrected chi connectivity index (χ3v) is 9.51. The molecule has 4 aliphatic carbocycles. The number of carbonyl (C=O) groups is 4. The van der Waals surface area contributed by atoms with E-state index in [-0.39, 0.29) is 43.5 Å². The van der Waals surface area contributed by atoms with Gasteiger partial charge in [-0.1, -0.05) is 33.3 Å². The molecule has 3 saturated carbocycles. The van der Waals surface area contributed by atoms with Gasteiger partial charge < -0.3 is 24.1 Å². The van der Waals surface area contributed by atoms with Crippen molar-refractivity contribution in [3.63, 3.8) is 0 Å². The zero-order valence-corrected chi connectivity index (χ0v) is 22.4. The van der Waals surface area contributed by atoms with E-state index in [0.29, 0.717) is 18.4 Å². The van der Waals surface area contributed by atoms with Gasteiger partial charge >= 0.3 is 12.3 Å². The van der Waals surface area contributed by atoms with E-state index in [9.17, 15) is 24.3 Å². The maximum atomic E-state index is 15.6. The number of allylic oxidation sites excluding steroid dienone is 4. The van der Waals surface area contributed by atoms with Crippen molar-refractivity contribution < 1.29 is 47.6 Å². The number of aliphatic hydroxyl groups excluding tert-OH is 1. The van der Waals surface area contributed by atoms with Crippen LogP contribution in [0.3, 0.4) is 0 Å². The average molecular weight is 537 g/mol. The summed E-state index contributed by atoms with van der Waals surface area (Å²) in [7, 11) is 1.13. The molecule has 8 atom stereocenters. The Kier molecular flexibility index (Phi) is 7.76. The molecule has 0 aliphatic heterocycles. The van der Waals surface area contributed by atoms with Crippen LogP contribution in [-0.2, 0) is 28.5 Å². The van der Waals surface area contributed by atoms with Crippen LogP contribution in [0.5, 0.6) is 0 Å². The zero-order chi connectivity index (χ0) is 27.9. The van der Waals surface area contributed by atoms with Gasteiger partial charge in [0, 0.05) is 16.7 Å². The molecule has 0 spiro atoms. The first kappa shape index (κ1) is 28.3. The normalized spacial score (nSPS) is 39.3. The second kappa shape index (κ2) is 10.4. The SMILES string of the molecule is CCCCOC(=O)OCC(=O)[C@@]1(OC(=O)OC)CC[C@H]2[C@@H]3C[C@H](F)C4=CC(=O)C=C[C@]4(C)[C@H]3C(O)C[C@@]21C. The fourth-order valence-electron chi connectivity index (χ4n) is 7.77. The van der Waals surface area contributed by atoms with Crippen molar-refractivity contribution in [1.82, 2.24) is 0 Å². The summed E-state index contributed by atoms with van der Waals surface area (Å²) >= 11 is 0. The van der Waals surface area contributed by atoms with Gasteiger partial charge in [-0.25, -0.2) is 14.0 Å². The van der Waals surface area contributed by atoms with Crippen LogP contribution in [0.1, 0.15) is 59.3 Å². The number of ether oxygens (including phenoxy) is 4. The van der Waals surface area contributed by atoms with E-state index in [1.165, 1.54) is 12.2 Å². The lowest BCUT2D eigenvalue weighted by Crippen LogP contribution is -2.64. The van der Waals surface area contributed by atoms with E-state index in [2.05, 4.69) is 0 Å². The first-order valence-corrected chi connectivity index (χ1v) is 13.3. The third kappa shape index (κ3) is 4.44. The molecule has 1 N–H and O–H groups in total. The van der Waals surface area contributed by atoms with Crippen molar-refractivity contribution in [2.24, 2.45) is 28.6 Å². The lowest BCUT2D eigenvalue weighted by Gasteiger charge is -2.60. The quantitative estimate of drug-likeness (QED) is 0.375.